The highest BCUT2D eigenvalue weighted by Gasteiger charge is 2.72. The number of rotatable bonds is 9. The predicted octanol–water partition coefficient (Wildman–Crippen LogP) is 4.08. The summed E-state index contributed by atoms with van der Waals surface area (Å²) in [5.74, 6) is -0.659. The maximum atomic E-state index is 14.3. The van der Waals surface area contributed by atoms with Crippen molar-refractivity contribution in [3.63, 3.8) is 0 Å². The summed E-state index contributed by atoms with van der Waals surface area (Å²) in [6, 6.07) is 13.7. The smallest absolute Gasteiger partial charge is 0.246 e. The third-order valence-corrected chi connectivity index (χ3v) is 9.28. The quantitative estimate of drug-likeness (QED) is 0.438. The Balaban J connectivity index is 1.30. The number of methoxy groups -OCH3 is 1. The van der Waals surface area contributed by atoms with Gasteiger partial charge < -0.3 is 29.7 Å². The zero-order valence-electron chi connectivity index (χ0n) is 24.4. The second-order valence-corrected chi connectivity index (χ2v) is 11.8. The summed E-state index contributed by atoms with van der Waals surface area (Å²) in [5.41, 5.74) is 0.212. The molecule has 222 valence electrons. The number of nitrogens with zero attached hydrogens (tertiary/aromatic N) is 1. The summed E-state index contributed by atoms with van der Waals surface area (Å²) in [7, 11) is 1.59. The zero-order valence-corrected chi connectivity index (χ0v) is 24.4. The van der Waals surface area contributed by atoms with Crippen molar-refractivity contribution in [2.75, 3.05) is 19.0 Å². The maximum Gasteiger partial charge on any atom is 0.246 e. The van der Waals surface area contributed by atoms with E-state index in [-0.39, 0.29) is 30.3 Å². The van der Waals surface area contributed by atoms with Crippen LogP contribution < -0.4 is 20.1 Å². The van der Waals surface area contributed by atoms with Crippen molar-refractivity contribution in [2.45, 2.75) is 69.9 Å². The molecule has 0 radical (unpaired) electrons. The summed E-state index contributed by atoms with van der Waals surface area (Å²) >= 11 is 0. The van der Waals surface area contributed by atoms with Crippen LogP contribution in [-0.2, 0) is 25.7 Å². The third-order valence-electron chi connectivity index (χ3n) is 9.28. The number of anilines is 1. The molecule has 3 fully saturated rings. The Kier molecular flexibility index (Phi) is 7.70. The van der Waals surface area contributed by atoms with E-state index in [1.807, 2.05) is 43.3 Å². The minimum absolute atomic E-state index is 0.0387. The van der Waals surface area contributed by atoms with Gasteiger partial charge in [-0.2, -0.15) is 0 Å². The van der Waals surface area contributed by atoms with Crippen LogP contribution in [0.4, 0.5) is 5.69 Å². The van der Waals surface area contributed by atoms with Crippen molar-refractivity contribution >= 4 is 23.4 Å². The number of carbonyl (C=O) groups excluding carboxylic acids is 3. The number of fused-ring (bicyclic) bond motifs is 1. The van der Waals surface area contributed by atoms with E-state index in [4.69, 9.17) is 14.2 Å². The van der Waals surface area contributed by atoms with Gasteiger partial charge in [-0.1, -0.05) is 44.1 Å². The normalized spacial score (nSPS) is 31.1. The Hall–Kier alpha value is -3.85. The van der Waals surface area contributed by atoms with Gasteiger partial charge in [0, 0.05) is 18.3 Å². The highest BCUT2D eigenvalue weighted by molar-refractivity contribution is 6.02. The van der Waals surface area contributed by atoms with Gasteiger partial charge in [0.25, 0.3) is 0 Å². The molecule has 2 aromatic carbocycles. The van der Waals surface area contributed by atoms with E-state index in [2.05, 4.69) is 17.6 Å². The summed E-state index contributed by atoms with van der Waals surface area (Å²) < 4.78 is 17.4. The zero-order chi connectivity index (χ0) is 29.4. The molecule has 4 aliphatic rings. The Morgan fingerprint density at radius 1 is 1.07 bits per heavy atom. The minimum atomic E-state index is -1.22. The first kappa shape index (κ1) is 28.3. The molecular formula is C33H39N3O6. The molecule has 1 saturated carbocycles. The predicted molar refractivity (Wildman–Crippen MR) is 157 cm³/mol. The largest absolute Gasteiger partial charge is 0.497 e. The molecule has 1 aliphatic carbocycles. The topological polar surface area (TPSA) is 106 Å². The fourth-order valence-electron chi connectivity index (χ4n) is 7.22. The molecule has 0 aromatic heterocycles. The number of benzene rings is 2. The van der Waals surface area contributed by atoms with E-state index in [0.29, 0.717) is 29.7 Å². The fraction of sp³-hybridized carbons (Fsp3) is 0.485. The van der Waals surface area contributed by atoms with Gasteiger partial charge in [-0.15, -0.1) is 0 Å². The van der Waals surface area contributed by atoms with Crippen molar-refractivity contribution in [1.29, 1.82) is 0 Å². The molecule has 3 aliphatic heterocycles. The van der Waals surface area contributed by atoms with E-state index < -0.39 is 29.6 Å². The van der Waals surface area contributed by atoms with Crippen molar-refractivity contribution in [1.82, 2.24) is 10.2 Å². The highest BCUT2D eigenvalue weighted by Crippen LogP contribution is 2.55. The lowest BCUT2D eigenvalue weighted by Gasteiger charge is -2.36. The van der Waals surface area contributed by atoms with Crippen LogP contribution in [0.3, 0.4) is 0 Å². The van der Waals surface area contributed by atoms with Gasteiger partial charge in [0.15, 0.2) is 0 Å². The summed E-state index contributed by atoms with van der Waals surface area (Å²) in [6.45, 7) is 4.82. The van der Waals surface area contributed by atoms with Crippen LogP contribution in [0.1, 0.15) is 45.1 Å². The van der Waals surface area contributed by atoms with Crippen LogP contribution in [0.15, 0.2) is 60.7 Å². The van der Waals surface area contributed by atoms with Crippen LogP contribution in [0.2, 0.25) is 0 Å². The molecule has 2 bridgehead atoms. The van der Waals surface area contributed by atoms with E-state index in [1.165, 1.54) is 0 Å². The lowest BCUT2D eigenvalue weighted by molar-refractivity contribution is -0.142. The number of nitrogens with one attached hydrogen (secondary N) is 2. The molecule has 6 rings (SSSR count). The van der Waals surface area contributed by atoms with Gasteiger partial charge in [-0.05, 0) is 67.6 Å². The number of ether oxygens (including phenoxy) is 3. The van der Waals surface area contributed by atoms with Crippen molar-refractivity contribution < 1.29 is 28.6 Å². The lowest BCUT2D eigenvalue weighted by atomic mass is 9.74. The monoisotopic (exact) mass is 573 g/mol. The summed E-state index contributed by atoms with van der Waals surface area (Å²) in [6.07, 6.45) is 7.28. The van der Waals surface area contributed by atoms with E-state index in [1.54, 1.807) is 36.3 Å². The van der Waals surface area contributed by atoms with Gasteiger partial charge in [0.2, 0.25) is 17.7 Å². The number of carbonyl (C=O) groups is 3. The standard InChI is InChI=1S/C33H39N3O6/c1-4-41-23-14-12-22(13-15-23)34-30(37)27-26-16-17-33(42-26)28(27)32(39)36(19-21-9-7-10-24(18-21)40-3)29(33)31(38)35-25-11-6-5-8-20(25)2/h7,9-10,12-18,20,25-29H,4-6,8,11,19H2,1-3H3,(H,34,37)(H,35,38)/t20?,25?,26-,27?,28-,29?,33?/m0/s1. The van der Waals surface area contributed by atoms with Crippen molar-refractivity contribution in [3.05, 3.63) is 66.2 Å². The van der Waals surface area contributed by atoms with Crippen LogP contribution in [0.25, 0.3) is 0 Å². The van der Waals surface area contributed by atoms with E-state index in [0.717, 1.165) is 31.2 Å². The van der Waals surface area contributed by atoms with Crippen molar-refractivity contribution in [2.24, 2.45) is 17.8 Å². The molecule has 2 aromatic rings. The summed E-state index contributed by atoms with van der Waals surface area (Å²) in [4.78, 5) is 43.8. The SMILES string of the molecule is CCOc1ccc(NC(=O)C2[C@@H]3C=CC4(O3)C(C(=O)NC3CCCCC3C)N(Cc3cccc(OC)c3)C(=O)[C@H]24)cc1. The third kappa shape index (κ3) is 4.93. The maximum absolute atomic E-state index is 14.3. The van der Waals surface area contributed by atoms with Crippen LogP contribution >= 0.6 is 0 Å². The second-order valence-electron chi connectivity index (χ2n) is 11.8. The average Bonchev–Trinajstić information content (AvgIpc) is 3.63. The lowest BCUT2D eigenvalue weighted by Crippen LogP contribution is -2.57. The Labute approximate surface area is 246 Å². The van der Waals surface area contributed by atoms with Gasteiger partial charge >= 0.3 is 0 Å². The van der Waals surface area contributed by atoms with Crippen LogP contribution in [0.5, 0.6) is 11.5 Å². The Morgan fingerprint density at radius 2 is 1.86 bits per heavy atom. The molecule has 7 atom stereocenters. The highest BCUT2D eigenvalue weighted by atomic mass is 16.5. The number of hydrogen-bond acceptors (Lipinski definition) is 6. The molecule has 42 heavy (non-hydrogen) atoms. The molecular weight excluding hydrogens is 534 g/mol. The van der Waals surface area contributed by atoms with Crippen LogP contribution in [0, 0.1) is 17.8 Å². The van der Waals surface area contributed by atoms with Crippen molar-refractivity contribution in [3.8, 4) is 11.5 Å². The fourth-order valence-corrected chi connectivity index (χ4v) is 7.22. The molecule has 9 heteroatoms. The number of hydrogen-bond donors (Lipinski definition) is 2. The first-order valence-electron chi connectivity index (χ1n) is 15.0. The number of amides is 3. The van der Waals surface area contributed by atoms with Gasteiger partial charge in [0.05, 0.1) is 31.7 Å². The molecule has 2 saturated heterocycles. The number of likely N-dealkylation sites (tertiary alicyclic amines) is 1. The van der Waals surface area contributed by atoms with E-state index >= 15 is 0 Å². The minimum Gasteiger partial charge on any atom is -0.497 e. The van der Waals surface area contributed by atoms with Gasteiger partial charge in [-0.25, -0.2) is 0 Å². The average molecular weight is 574 g/mol. The van der Waals surface area contributed by atoms with Gasteiger partial charge in [0.1, 0.15) is 23.1 Å². The van der Waals surface area contributed by atoms with E-state index in [9.17, 15) is 14.4 Å². The molecule has 1 spiro atoms. The molecule has 2 N–H and O–H groups in total. The molecule has 9 nitrogen and oxygen atoms in total. The summed E-state index contributed by atoms with van der Waals surface area (Å²) in [5, 5.41) is 6.24. The first-order valence-corrected chi connectivity index (χ1v) is 15.0. The van der Waals surface area contributed by atoms with Gasteiger partial charge in [-0.3, -0.25) is 14.4 Å². The molecule has 3 amide bonds. The molecule has 3 heterocycles. The second kappa shape index (κ2) is 11.4. The van der Waals surface area contributed by atoms with Crippen LogP contribution in [-0.4, -0.2) is 60.1 Å². The molecule has 5 unspecified atom stereocenters. The Bertz CT molecular complexity index is 1380. The Morgan fingerprint density at radius 3 is 2.60 bits per heavy atom. The first-order chi connectivity index (χ1) is 20.3.